The van der Waals surface area contributed by atoms with Gasteiger partial charge in [-0.1, -0.05) is 54.5 Å². The lowest BCUT2D eigenvalue weighted by atomic mass is 10.1. The lowest BCUT2D eigenvalue weighted by Crippen LogP contribution is -2.21. The molecule has 0 bridgehead atoms. The third-order valence-corrected chi connectivity index (χ3v) is 5.78. The van der Waals surface area contributed by atoms with E-state index in [1.54, 1.807) is 35.9 Å². The second-order valence-corrected chi connectivity index (χ2v) is 8.71. The molecule has 0 aliphatic rings. The average Bonchev–Trinajstić information content (AvgIpc) is 3.19. The van der Waals surface area contributed by atoms with E-state index in [-0.39, 0.29) is 5.56 Å². The zero-order valence-corrected chi connectivity index (χ0v) is 18.9. The van der Waals surface area contributed by atoms with Gasteiger partial charge in [-0.3, -0.25) is 9.36 Å². The first-order valence-electron chi connectivity index (χ1n) is 9.76. The third-order valence-electron chi connectivity index (χ3n) is 4.56. The van der Waals surface area contributed by atoms with Crippen molar-refractivity contribution in [1.82, 2.24) is 19.7 Å². The first-order chi connectivity index (χ1) is 15.0. The first-order valence-corrected chi connectivity index (χ1v) is 11.1. The molecule has 0 atom stereocenters. The van der Waals surface area contributed by atoms with Crippen molar-refractivity contribution in [1.29, 1.82) is 0 Å². The molecule has 0 amide bonds. The van der Waals surface area contributed by atoms with Crippen LogP contribution in [0.15, 0.2) is 56.9 Å². The number of halogens is 1. The van der Waals surface area contributed by atoms with Crippen LogP contribution in [0, 0.1) is 5.92 Å². The number of nitrogens with zero attached hydrogens (tertiary/aromatic N) is 4. The predicted molar refractivity (Wildman–Crippen MR) is 121 cm³/mol. The summed E-state index contributed by atoms with van der Waals surface area (Å²) < 4.78 is 12.1. The Bertz CT molecular complexity index is 1290. The Kier molecular flexibility index (Phi) is 6.29. The summed E-state index contributed by atoms with van der Waals surface area (Å²) in [5, 5.41) is 5.47. The van der Waals surface area contributed by atoms with Gasteiger partial charge in [-0.15, -0.1) is 0 Å². The van der Waals surface area contributed by atoms with Crippen LogP contribution in [-0.2, 0) is 12.2 Å². The minimum atomic E-state index is -0.180. The standard InChI is InChI=1S/C22H21ClN4O3S/c1-13(2)10-19-25-20(30-26-19)12-31-22-24-17-7-5-4-6-15(17)21(28)27(22)14-8-9-18(29-3)16(23)11-14/h4-9,11,13H,10,12H2,1-3H3. The highest BCUT2D eigenvalue weighted by Crippen LogP contribution is 2.29. The highest BCUT2D eigenvalue weighted by atomic mass is 35.5. The Morgan fingerprint density at radius 3 is 2.74 bits per heavy atom. The summed E-state index contributed by atoms with van der Waals surface area (Å²) in [6.07, 6.45) is 0.747. The SMILES string of the molecule is COc1ccc(-n2c(SCc3nc(CC(C)C)no3)nc3ccccc3c2=O)cc1Cl. The normalized spacial score (nSPS) is 11.4. The van der Waals surface area contributed by atoms with E-state index >= 15 is 0 Å². The van der Waals surface area contributed by atoms with Crippen LogP contribution >= 0.6 is 23.4 Å². The van der Waals surface area contributed by atoms with Crippen molar-refractivity contribution in [3.63, 3.8) is 0 Å². The van der Waals surface area contributed by atoms with Crippen LogP contribution in [0.25, 0.3) is 16.6 Å². The molecule has 4 rings (SSSR count). The topological polar surface area (TPSA) is 83.0 Å². The number of methoxy groups -OCH3 is 1. The molecule has 7 nitrogen and oxygen atoms in total. The van der Waals surface area contributed by atoms with Gasteiger partial charge in [-0.2, -0.15) is 4.98 Å². The predicted octanol–water partition coefficient (Wildman–Crippen LogP) is 4.92. The molecular weight excluding hydrogens is 436 g/mol. The van der Waals surface area contributed by atoms with Crippen LogP contribution in [-0.4, -0.2) is 26.8 Å². The molecule has 0 spiro atoms. The van der Waals surface area contributed by atoms with Gasteiger partial charge >= 0.3 is 0 Å². The van der Waals surface area contributed by atoms with Gasteiger partial charge in [0.2, 0.25) is 5.89 Å². The van der Waals surface area contributed by atoms with Gasteiger partial charge in [0.1, 0.15) is 5.75 Å². The number of hydrogen-bond donors (Lipinski definition) is 0. The number of aromatic nitrogens is 4. The Hall–Kier alpha value is -2.84. The lowest BCUT2D eigenvalue weighted by molar-refractivity contribution is 0.382. The van der Waals surface area contributed by atoms with E-state index < -0.39 is 0 Å². The highest BCUT2D eigenvalue weighted by molar-refractivity contribution is 7.98. The van der Waals surface area contributed by atoms with Crippen molar-refractivity contribution in [3.8, 4) is 11.4 Å². The number of ether oxygens (including phenoxy) is 1. The van der Waals surface area contributed by atoms with Crippen LogP contribution in [0.2, 0.25) is 5.02 Å². The minimum Gasteiger partial charge on any atom is -0.495 e. The van der Waals surface area contributed by atoms with Crippen LogP contribution < -0.4 is 10.3 Å². The molecule has 0 fully saturated rings. The Morgan fingerprint density at radius 2 is 2.00 bits per heavy atom. The van der Waals surface area contributed by atoms with E-state index in [2.05, 4.69) is 24.0 Å². The van der Waals surface area contributed by atoms with Gasteiger partial charge in [0.05, 0.1) is 34.5 Å². The van der Waals surface area contributed by atoms with Gasteiger partial charge < -0.3 is 9.26 Å². The van der Waals surface area contributed by atoms with Crippen LogP contribution in [0.5, 0.6) is 5.75 Å². The molecule has 0 saturated heterocycles. The second kappa shape index (κ2) is 9.11. The molecule has 0 aliphatic carbocycles. The maximum Gasteiger partial charge on any atom is 0.266 e. The Labute approximate surface area is 188 Å². The quantitative estimate of drug-likeness (QED) is 0.288. The number of hydrogen-bond acceptors (Lipinski definition) is 7. The zero-order valence-electron chi connectivity index (χ0n) is 17.3. The fraction of sp³-hybridized carbons (Fsp3) is 0.273. The number of fused-ring (bicyclic) bond motifs is 1. The van der Waals surface area contributed by atoms with E-state index in [9.17, 15) is 4.79 Å². The summed E-state index contributed by atoms with van der Waals surface area (Å²) in [7, 11) is 1.55. The maximum atomic E-state index is 13.3. The average molecular weight is 457 g/mol. The molecule has 0 aliphatic heterocycles. The molecule has 2 heterocycles. The summed E-state index contributed by atoms with van der Waals surface area (Å²) in [5.74, 6) is 2.52. The van der Waals surface area contributed by atoms with Gasteiger partial charge in [-0.05, 0) is 36.2 Å². The summed E-state index contributed by atoms with van der Waals surface area (Å²) in [6, 6.07) is 12.4. The van der Waals surface area contributed by atoms with Crippen molar-refractivity contribution in [2.75, 3.05) is 7.11 Å². The molecule has 4 aromatic rings. The largest absolute Gasteiger partial charge is 0.495 e. The first kappa shape index (κ1) is 21.4. The fourth-order valence-corrected chi connectivity index (χ4v) is 4.26. The van der Waals surface area contributed by atoms with E-state index in [0.717, 1.165) is 6.42 Å². The summed E-state index contributed by atoms with van der Waals surface area (Å²) in [4.78, 5) is 22.5. The minimum absolute atomic E-state index is 0.180. The van der Waals surface area contributed by atoms with E-state index in [4.69, 9.17) is 25.8 Å². The number of para-hydroxylation sites is 1. The number of thioether (sulfide) groups is 1. The third kappa shape index (κ3) is 4.60. The molecular formula is C22H21ClN4O3S. The summed E-state index contributed by atoms with van der Waals surface area (Å²) in [6.45, 7) is 4.20. The summed E-state index contributed by atoms with van der Waals surface area (Å²) in [5.41, 5.74) is 1.04. The highest BCUT2D eigenvalue weighted by Gasteiger charge is 2.16. The molecule has 0 radical (unpaired) electrons. The van der Waals surface area contributed by atoms with E-state index in [0.29, 0.717) is 55.9 Å². The lowest BCUT2D eigenvalue weighted by Gasteiger charge is -2.14. The van der Waals surface area contributed by atoms with Crippen LogP contribution in [0.4, 0.5) is 0 Å². The Balaban J connectivity index is 1.75. The summed E-state index contributed by atoms with van der Waals surface area (Å²) >= 11 is 7.67. The number of benzene rings is 2. The molecule has 160 valence electrons. The molecule has 0 saturated carbocycles. The van der Waals surface area contributed by atoms with Crippen molar-refractivity contribution in [3.05, 3.63) is 69.6 Å². The fourth-order valence-electron chi connectivity index (χ4n) is 3.15. The molecule has 2 aromatic heterocycles. The van der Waals surface area contributed by atoms with Crippen molar-refractivity contribution < 1.29 is 9.26 Å². The number of rotatable bonds is 7. The van der Waals surface area contributed by atoms with E-state index in [1.807, 2.05) is 18.2 Å². The van der Waals surface area contributed by atoms with Gasteiger partial charge in [0.25, 0.3) is 5.56 Å². The van der Waals surface area contributed by atoms with Crippen molar-refractivity contribution in [2.24, 2.45) is 5.92 Å². The molecule has 0 unspecified atom stereocenters. The van der Waals surface area contributed by atoms with Gasteiger partial charge in [0.15, 0.2) is 11.0 Å². The zero-order chi connectivity index (χ0) is 22.0. The smallest absolute Gasteiger partial charge is 0.266 e. The van der Waals surface area contributed by atoms with E-state index in [1.165, 1.54) is 11.8 Å². The van der Waals surface area contributed by atoms with Gasteiger partial charge in [-0.25, -0.2) is 4.98 Å². The maximum absolute atomic E-state index is 13.3. The molecule has 2 aromatic carbocycles. The molecule has 0 N–H and O–H groups in total. The van der Waals surface area contributed by atoms with Gasteiger partial charge in [0, 0.05) is 6.42 Å². The van der Waals surface area contributed by atoms with Crippen LogP contribution in [0.1, 0.15) is 25.6 Å². The van der Waals surface area contributed by atoms with Crippen LogP contribution in [0.3, 0.4) is 0 Å². The van der Waals surface area contributed by atoms with Crippen molar-refractivity contribution >= 4 is 34.3 Å². The second-order valence-electron chi connectivity index (χ2n) is 7.36. The Morgan fingerprint density at radius 1 is 1.19 bits per heavy atom. The van der Waals surface area contributed by atoms with Crippen molar-refractivity contribution in [2.45, 2.75) is 31.2 Å². The molecule has 31 heavy (non-hydrogen) atoms. The monoisotopic (exact) mass is 456 g/mol. The molecule has 9 heteroatoms.